The van der Waals surface area contributed by atoms with Gasteiger partial charge in [-0.1, -0.05) is 41.9 Å². The fraction of sp³-hybridized carbons (Fsp3) is 0.111. The number of hydrogen-bond acceptors (Lipinski definition) is 3. The molecule has 0 spiro atoms. The van der Waals surface area contributed by atoms with Gasteiger partial charge in [0.25, 0.3) is 5.91 Å². The Bertz CT molecular complexity index is 862. The second kappa shape index (κ2) is 6.26. The summed E-state index contributed by atoms with van der Waals surface area (Å²) in [6.07, 6.45) is 1.66. The van der Waals surface area contributed by atoms with Crippen molar-refractivity contribution in [3.8, 4) is 0 Å². The average Bonchev–Trinajstić information content (AvgIpc) is 2.55. The fourth-order valence-electron chi connectivity index (χ4n) is 2.49. The molecule has 5 heteroatoms. The number of anilines is 1. The highest BCUT2D eigenvalue weighted by Crippen LogP contribution is 2.23. The Morgan fingerprint density at radius 2 is 1.87 bits per heavy atom. The minimum Gasteiger partial charge on any atom is -0.398 e. The smallest absolute Gasteiger partial charge is 0.256 e. The molecule has 2 aromatic carbocycles. The molecular weight excluding hydrogens is 310 g/mol. The first kappa shape index (κ1) is 15.3. The summed E-state index contributed by atoms with van der Waals surface area (Å²) in [6.45, 7) is 0.440. The van der Waals surface area contributed by atoms with Gasteiger partial charge < -0.3 is 10.6 Å². The van der Waals surface area contributed by atoms with Crippen LogP contribution in [0.2, 0.25) is 5.15 Å². The SMILES string of the molecule is CN(Cc1ccc(Cl)nc1)C(=O)c1cc2ccccc2cc1N. The molecule has 4 nitrogen and oxygen atoms in total. The van der Waals surface area contributed by atoms with Crippen LogP contribution in [0.1, 0.15) is 15.9 Å². The number of amides is 1. The standard InChI is InChI=1S/C18H16ClN3O/c1-22(11-12-6-7-17(19)21-10-12)18(23)15-8-13-4-2-3-5-14(13)9-16(15)20/h2-10H,11,20H2,1H3. The second-order valence-corrected chi connectivity index (χ2v) is 5.82. The molecule has 0 bridgehead atoms. The van der Waals surface area contributed by atoms with Gasteiger partial charge in [-0.2, -0.15) is 0 Å². The van der Waals surface area contributed by atoms with Gasteiger partial charge in [0.2, 0.25) is 0 Å². The number of hydrogen-bond donors (Lipinski definition) is 1. The van der Waals surface area contributed by atoms with Crippen molar-refractivity contribution in [3.05, 3.63) is 71.0 Å². The number of nitrogens with zero attached hydrogens (tertiary/aromatic N) is 2. The van der Waals surface area contributed by atoms with Crippen LogP contribution >= 0.6 is 11.6 Å². The average molecular weight is 326 g/mol. The van der Waals surface area contributed by atoms with Gasteiger partial charge in [0.1, 0.15) is 5.15 Å². The van der Waals surface area contributed by atoms with E-state index in [4.69, 9.17) is 17.3 Å². The molecule has 116 valence electrons. The first-order chi connectivity index (χ1) is 11.0. The maximum Gasteiger partial charge on any atom is 0.256 e. The van der Waals surface area contributed by atoms with E-state index in [1.165, 1.54) is 0 Å². The van der Waals surface area contributed by atoms with Crippen molar-refractivity contribution in [3.63, 3.8) is 0 Å². The zero-order valence-electron chi connectivity index (χ0n) is 12.7. The molecule has 2 N–H and O–H groups in total. The summed E-state index contributed by atoms with van der Waals surface area (Å²) < 4.78 is 0. The van der Waals surface area contributed by atoms with Crippen LogP contribution in [0.5, 0.6) is 0 Å². The Morgan fingerprint density at radius 3 is 2.52 bits per heavy atom. The van der Waals surface area contributed by atoms with Gasteiger partial charge in [0.05, 0.1) is 5.56 Å². The number of halogens is 1. The molecule has 1 heterocycles. The molecule has 0 saturated heterocycles. The molecule has 0 aliphatic heterocycles. The molecule has 0 aliphatic rings. The fourth-order valence-corrected chi connectivity index (χ4v) is 2.61. The number of nitrogens with two attached hydrogens (primary N) is 1. The topological polar surface area (TPSA) is 59.2 Å². The molecule has 0 saturated carbocycles. The van der Waals surface area contributed by atoms with Crippen molar-refractivity contribution in [2.75, 3.05) is 12.8 Å². The summed E-state index contributed by atoms with van der Waals surface area (Å²) in [5.74, 6) is -0.122. The molecule has 23 heavy (non-hydrogen) atoms. The summed E-state index contributed by atoms with van der Waals surface area (Å²) in [6, 6.07) is 15.1. The van der Waals surface area contributed by atoms with Gasteiger partial charge in [-0.3, -0.25) is 4.79 Å². The first-order valence-electron chi connectivity index (χ1n) is 7.19. The lowest BCUT2D eigenvalue weighted by Gasteiger charge is -2.18. The van der Waals surface area contributed by atoms with E-state index in [9.17, 15) is 4.79 Å². The zero-order chi connectivity index (χ0) is 16.4. The second-order valence-electron chi connectivity index (χ2n) is 5.44. The van der Waals surface area contributed by atoms with E-state index in [1.807, 2.05) is 42.5 Å². The van der Waals surface area contributed by atoms with Crippen LogP contribution < -0.4 is 5.73 Å². The van der Waals surface area contributed by atoms with Crippen LogP contribution in [0.4, 0.5) is 5.69 Å². The molecule has 3 rings (SSSR count). The Hall–Kier alpha value is -2.59. The number of benzene rings is 2. The third kappa shape index (κ3) is 3.27. The predicted octanol–water partition coefficient (Wildman–Crippen LogP) is 3.74. The first-order valence-corrected chi connectivity index (χ1v) is 7.56. The van der Waals surface area contributed by atoms with Crippen LogP contribution in [0.15, 0.2) is 54.7 Å². The van der Waals surface area contributed by atoms with Gasteiger partial charge in [0, 0.05) is 25.5 Å². The van der Waals surface area contributed by atoms with E-state index in [-0.39, 0.29) is 5.91 Å². The van der Waals surface area contributed by atoms with Crippen molar-refractivity contribution in [1.29, 1.82) is 0 Å². The molecule has 0 unspecified atom stereocenters. The number of rotatable bonds is 3. The lowest BCUT2D eigenvalue weighted by atomic mass is 10.0. The largest absolute Gasteiger partial charge is 0.398 e. The lowest BCUT2D eigenvalue weighted by molar-refractivity contribution is 0.0786. The number of carbonyl (C=O) groups excluding carboxylic acids is 1. The monoisotopic (exact) mass is 325 g/mol. The van der Waals surface area contributed by atoms with Gasteiger partial charge in [-0.15, -0.1) is 0 Å². The summed E-state index contributed by atoms with van der Waals surface area (Å²) in [4.78, 5) is 18.3. The molecule has 0 radical (unpaired) electrons. The minimum absolute atomic E-state index is 0.122. The van der Waals surface area contributed by atoms with E-state index >= 15 is 0 Å². The normalized spacial score (nSPS) is 10.7. The van der Waals surface area contributed by atoms with E-state index < -0.39 is 0 Å². The summed E-state index contributed by atoms with van der Waals surface area (Å²) in [7, 11) is 1.74. The Morgan fingerprint density at radius 1 is 1.17 bits per heavy atom. The van der Waals surface area contributed by atoms with Gasteiger partial charge in [-0.25, -0.2) is 4.98 Å². The number of fused-ring (bicyclic) bond motifs is 1. The van der Waals surface area contributed by atoms with E-state index in [0.717, 1.165) is 16.3 Å². The summed E-state index contributed by atoms with van der Waals surface area (Å²) in [5.41, 5.74) is 7.96. The number of aromatic nitrogens is 1. The summed E-state index contributed by atoms with van der Waals surface area (Å²) >= 11 is 5.77. The molecule has 1 aromatic heterocycles. The number of pyridine rings is 1. The zero-order valence-corrected chi connectivity index (χ0v) is 13.4. The van der Waals surface area contributed by atoms with Gasteiger partial charge >= 0.3 is 0 Å². The molecule has 3 aromatic rings. The Balaban J connectivity index is 1.87. The van der Waals surface area contributed by atoms with Crippen molar-refractivity contribution >= 4 is 34.0 Å². The number of carbonyl (C=O) groups is 1. The highest BCUT2D eigenvalue weighted by atomic mass is 35.5. The Kier molecular flexibility index (Phi) is 4.17. The van der Waals surface area contributed by atoms with E-state index in [0.29, 0.717) is 22.9 Å². The molecule has 0 aliphatic carbocycles. The molecule has 1 amide bonds. The minimum atomic E-state index is -0.122. The van der Waals surface area contributed by atoms with Crippen LogP contribution in [0.3, 0.4) is 0 Å². The third-order valence-electron chi connectivity index (χ3n) is 3.70. The van der Waals surface area contributed by atoms with Crippen LogP contribution in [-0.4, -0.2) is 22.8 Å². The van der Waals surface area contributed by atoms with Crippen molar-refractivity contribution < 1.29 is 4.79 Å². The summed E-state index contributed by atoms with van der Waals surface area (Å²) in [5, 5.41) is 2.44. The van der Waals surface area contributed by atoms with E-state index in [1.54, 1.807) is 24.2 Å². The van der Waals surface area contributed by atoms with Crippen LogP contribution in [0, 0.1) is 0 Å². The quantitative estimate of drug-likeness (QED) is 0.589. The van der Waals surface area contributed by atoms with Crippen molar-refractivity contribution in [1.82, 2.24) is 9.88 Å². The Labute approximate surface area is 139 Å². The highest BCUT2D eigenvalue weighted by molar-refractivity contribution is 6.29. The molecule has 0 atom stereocenters. The van der Waals surface area contributed by atoms with Crippen LogP contribution in [-0.2, 0) is 6.54 Å². The number of nitrogen functional groups attached to an aromatic ring is 1. The molecule has 0 fully saturated rings. The maximum absolute atomic E-state index is 12.7. The highest BCUT2D eigenvalue weighted by Gasteiger charge is 2.16. The third-order valence-corrected chi connectivity index (χ3v) is 3.93. The predicted molar refractivity (Wildman–Crippen MR) is 93.4 cm³/mol. The molecular formula is C18H16ClN3O. The van der Waals surface area contributed by atoms with E-state index in [2.05, 4.69) is 4.98 Å². The van der Waals surface area contributed by atoms with Gasteiger partial charge in [0.15, 0.2) is 0 Å². The van der Waals surface area contributed by atoms with Crippen LogP contribution in [0.25, 0.3) is 10.8 Å². The lowest BCUT2D eigenvalue weighted by Crippen LogP contribution is -2.27. The van der Waals surface area contributed by atoms with Crippen molar-refractivity contribution in [2.45, 2.75) is 6.54 Å². The van der Waals surface area contributed by atoms with Crippen molar-refractivity contribution in [2.24, 2.45) is 0 Å². The van der Waals surface area contributed by atoms with Gasteiger partial charge in [-0.05, 0) is 34.5 Å². The maximum atomic E-state index is 12.7.